The topological polar surface area (TPSA) is 182 Å². The van der Waals surface area contributed by atoms with Gasteiger partial charge in [-0.05, 0) is 19.3 Å². The van der Waals surface area contributed by atoms with Crippen LogP contribution in [0.15, 0.2) is 0 Å². The molecule has 0 spiro atoms. The minimum Gasteiger partial charge on any atom is -0.394 e. The number of unbranched alkanes of at least 4 members (excludes halogenated alkanes) is 45. The lowest BCUT2D eigenvalue weighted by Crippen LogP contribution is -2.65. The van der Waals surface area contributed by atoms with Crippen LogP contribution in [-0.2, 0) is 0 Å². The standard InChI is InChI=1S/C60H122O6.H3O3P/c1-4-7-10-13-16-19-22-25-28-31-34-37-40-43-46-49-52-59(65,53-50-47-44-41-38-35-32-29-26-23-20-17-14-11-8-5-2)60(66,58(64)57(63)56(62)55-61)54-51-48-45-42-39-36-33-30-27-24-21-18-15-12-9-6-3;1-4(2)3/h56-58,61-66H,4-55H2,1-3H3;1-3H/t56-,57-,58+,60-;/m1./s1. The van der Waals surface area contributed by atoms with E-state index in [0.717, 1.165) is 57.8 Å². The van der Waals surface area contributed by atoms with Crippen LogP contribution in [0.25, 0.3) is 0 Å². The second kappa shape index (κ2) is 55.3. The van der Waals surface area contributed by atoms with Crippen LogP contribution >= 0.6 is 8.60 Å². The van der Waals surface area contributed by atoms with E-state index in [2.05, 4.69) is 20.8 Å². The summed E-state index contributed by atoms with van der Waals surface area (Å²) in [5.41, 5.74) is -3.58. The molecule has 0 aromatic heterocycles. The van der Waals surface area contributed by atoms with Crippen LogP contribution in [0.2, 0.25) is 0 Å². The predicted octanol–water partition coefficient (Wildman–Crippen LogP) is 16.7. The summed E-state index contributed by atoms with van der Waals surface area (Å²) in [4.78, 5) is 21.7. The van der Waals surface area contributed by atoms with E-state index in [0.29, 0.717) is 19.3 Å². The van der Waals surface area contributed by atoms with Gasteiger partial charge in [-0.3, -0.25) is 0 Å². The molecule has 4 atom stereocenters. The summed E-state index contributed by atoms with van der Waals surface area (Å²) in [6.07, 6.45) is 56.0. The van der Waals surface area contributed by atoms with Crippen molar-refractivity contribution in [2.45, 2.75) is 378 Å². The van der Waals surface area contributed by atoms with Crippen molar-refractivity contribution in [2.75, 3.05) is 6.61 Å². The van der Waals surface area contributed by atoms with Crippen LogP contribution in [0.4, 0.5) is 0 Å². The van der Waals surface area contributed by atoms with Gasteiger partial charge in [-0.15, -0.1) is 0 Å². The molecule has 9 N–H and O–H groups in total. The second-order valence-electron chi connectivity index (χ2n) is 22.1. The number of rotatable bonds is 56. The third-order valence-electron chi connectivity index (χ3n) is 15.5. The molecule has 9 nitrogen and oxygen atoms in total. The lowest BCUT2D eigenvalue weighted by molar-refractivity contribution is -0.243. The first kappa shape index (κ1) is 72.1. The molecule has 0 aliphatic rings. The van der Waals surface area contributed by atoms with Crippen molar-refractivity contribution in [1.82, 2.24) is 0 Å². The van der Waals surface area contributed by atoms with Gasteiger partial charge in [0.1, 0.15) is 23.9 Å². The predicted molar refractivity (Wildman–Crippen MR) is 301 cm³/mol. The Morgan fingerprint density at radius 2 is 0.471 bits per heavy atom. The zero-order valence-corrected chi connectivity index (χ0v) is 47.9. The Morgan fingerprint density at radius 3 is 0.657 bits per heavy atom. The lowest BCUT2D eigenvalue weighted by Gasteiger charge is -2.48. The van der Waals surface area contributed by atoms with Crippen molar-refractivity contribution < 1.29 is 45.3 Å². The van der Waals surface area contributed by atoms with Gasteiger partial charge in [0, 0.05) is 0 Å². The molecule has 10 heteroatoms. The molecule has 0 aromatic rings. The van der Waals surface area contributed by atoms with E-state index >= 15 is 0 Å². The van der Waals surface area contributed by atoms with Crippen molar-refractivity contribution in [1.29, 1.82) is 0 Å². The normalized spacial score (nSPS) is 14.2. The minimum absolute atomic E-state index is 0.163. The zero-order valence-electron chi connectivity index (χ0n) is 47.0. The maximum atomic E-state index is 12.6. The van der Waals surface area contributed by atoms with E-state index in [4.69, 9.17) is 14.7 Å². The Morgan fingerprint density at radius 1 is 0.300 bits per heavy atom. The monoisotopic (exact) mass is 1020 g/mol. The highest BCUT2D eigenvalue weighted by molar-refractivity contribution is 7.38. The molecular formula is C60H125O9P. The minimum atomic E-state index is -2.62. The molecule has 0 aliphatic carbocycles. The SMILES string of the molecule is CCCCCCCCCCCCCCCCCCC(O)(CCCCCCCCCCCCCCCCCC)[C@@](O)(CCCCCCCCCCCCCCCCCC)[C@@H](O)[C@H](O)[C@H](O)CO.OP(O)O. The van der Waals surface area contributed by atoms with Crippen molar-refractivity contribution in [3.05, 3.63) is 0 Å². The third kappa shape index (κ3) is 45.5. The van der Waals surface area contributed by atoms with E-state index in [9.17, 15) is 30.6 Å². The zero-order chi connectivity index (χ0) is 52.1. The summed E-state index contributed by atoms with van der Waals surface area (Å²) >= 11 is 0. The summed E-state index contributed by atoms with van der Waals surface area (Å²) in [5.74, 6) is 0. The molecule has 0 fully saturated rings. The molecule has 0 rings (SSSR count). The Balaban J connectivity index is 0. The highest BCUT2D eigenvalue weighted by Crippen LogP contribution is 2.41. The van der Waals surface area contributed by atoms with E-state index in [1.807, 2.05) is 0 Å². The fraction of sp³-hybridized carbons (Fsp3) is 1.00. The van der Waals surface area contributed by atoms with Crippen molar-refractivity contribution in [3.63, 3.8) is 0 Å². The molecule has 0 amide bonds. The maximum Gasteiger partial charge on any atom is 0.324 e. The van der Waals surface area contributed by atoms with Crippen LogP contribution in [-0.4, -0.2) is 81.4 Å². The van der Waals surface area contributed by atoms with Gasteiger partial charge in [-0.25, -0.2) is 0 Å². The molecule has 424 valence electrons. The fourth-order valence-corrected chi connectivity index (χ4v) is 10.7. The number of hydrogen-bond donors (Lipinski definition) is 9. The first-order valence-electron chi connectivity index (χ1n) is 30.9. The van der Waals surface area contributed by atoms with Gasteiger partial charge in [0.2, 0.25) is 0 Å². The largest absolute Gasteiger partial charge is 0.394 e. The van der Waals surface area contributed by atoms with Crippen LogP contribution in [0.5, 0.6) is 0 Å². The Kier molecular flexibility index (Phi) is 57.0. The van der Waals surface area contributed by atoms with Crippen LogP contribution in [0.3, 0.4) is 0 Å². The Labute approximate surface area is 436 Å². The molecule has 0 aliphatic heterocycles. The van der Waals surface area contributed by atoms with Crippen molar-refractivity contribution >= 4 is 8.60 Å². The lowest BCUT2D eigenvalue weighted by atomic mass is 9.68. The van der Waals surface area contributed by atoms with E-state index in [-0.39, 0.29) is 6.42 Å². The smallest absolute Gasteiger partial charge is 0.324 e. The highest BCUT2D eigenvalue weighted by Gasteiger charge is 2.55. The maximum absolute atomic E-state index is 12.6. The fourth-order valence-electron chi connectivity index (χ4n) is 10.7. The van der Waals surface area contributed by atoms with E-state index < -0.39 is 44.7 Å². The molecule has 0 saturated carbocycles. The molecular weight excluding hydrogens is 896 g/mol. The molecule has 0 saturated heterocycles. The average Bonchev–Trinajstić information content (AvgIpc) is 3.34. The number of aliphatic hydroxyl groups is 6. The van der Waals surface area contributed by atoms with Crippen LogP contribution < -0.4 is 0 Å². The van der Waals surface area contributed by atoms with Crippen molar-refractivity contribution in [3.8, 4) is 0 Å². The van der Waals surface area contributed by atoms with Crippen molar-refractivity contribution in [2.24, 2.45) is 0 Å². The molecule has 70 heavy (non-hydrogen) atoms. The summed E-state index contributed by atoms with van der Waals surface area (Å²) < 4.78 is 0. The average molecular weight is 1020 g/mol. The van der Waals surface area contributed by atoms with Gasteiger partial charge < -0.3 is 45.3 Å². The molecule has 0 unspecified atom stereocenters. The molecule has 0 aromatic carbocycles. The Hall–Kier alpha value is 0.0700. The van der Waals surface area contributed by atoms with Crippen LogP contribution in [0.1, 0.15) is 348 Å². The van der Waals surface area contributed by atoms with Gasteiger partial charge >= 0.3 is 8.60 Å². The second-order valence-corrected chi connectivity index (χ2v) is 22.6. The number of aliphatic hydroxyl groups excluding tert-OH is 4. The molecule has 0 radical (unpaired) electrons. The first-order chi connectivity index (χ1) is 34.0. The van der Waals surface area contributed by atoms with Gasteiger partial charge in [0.25, 0.3) is 0 Å². The van der Waals surface area contributed by atoms with Gasteiger partial charge in [0.15, 0.2) is 0 Å². The molecule has 0 bridgehead atoms. The first-order valence-corrected chi connectivity index (χ1v) is 32.1. The van der Waals surface area contributed by atoms with Gasteiger partial charge in [-0.2, -0.15) is 0 Å². The number of hydrogen-bond acceptors (Lipinski definition) is 9. The van der Waals surface area contributed by atoms with Crippen LogP contribution in [0, 0.1) is 0 Å². The van der Waals surface area contributed by atoms with Gasteiger partial charge in [0.05, 0.1) is 12.2 Å². The summed E-state index contributed by atoms with van der Waals surface area (Å²) in [7, 11) is -2.62. The summed E-state index contributed by atoms with van der Waals surface area (Å²) in [6, 6.07) is 0. The molecule has 0 heterocycles. The van der Waals surface area contributed by atoms with E-state index in [1.54, 1.807) is 0 Å². The highest BCUT2D eigenvalue weighted by atomic mass is 31.2. The van der Waals surface area contributed by atoms with E-state index in [1.165, 1.54) is 244 Å². The third-order valence-corrected chi connectivity index (χ3v) is 15.5. The quantitative estimate of drug-likeness (QED) is 0.0212. The van der Waals surface area contributed by atoms with Gasteiger partial charge in [-0.1, -0.05) is 329 Å². The summed E-state index contributed by atoms with van der Waals surface area (Å²) in [5, 5.41) is 67.9. The Bertz CT molecular complexity index is 953. The summed E-state index contributed by atoms with van der Waals surface area (Å²) in [6.45, 7) is 6.12.